The van der Waals surface area contributed by atoms with E-state index in [1.807, 2.05) is 0 Å². The normalized spacial score (nSPS) is 19.3. The average Bonchev–Trinajstić information content (AvgIpc) is 2.96. The van der Waals surface area contributed by atoms with E-state index in [1.165, 1.54) is 10.6 Å². The molecule has 0 aliphatic carbocycles. The smallest absolute Gasteiger partial charge is 0.245 e. The van der Waals surface area contributed by atoms with Gasteiger partial charge in [-0.3, -0.25) is 4.79 Å². The van der Waals surface area contributed by atoms with Gasteiger partial charge >= 0.3 is 0 Å². The molecule has 3 rings (SSSR count). The minimum atomic E-state index is -0.992. The average molecular weight is 300 g/mol. The van der Waals surface area contributed by atoms with Gasteiger partial charge in [-0.2, -0.15) is 0 Å². The van der Waals surface area contributed by atoms with Crippen LogP contribution in [0.15, 0.2) is 12.1 Å². The maximum Gasteiger partial charge on any atom is 0.245 e. The third-order valence-corrected chi connectivity index (χ3v) is 3.89. The summed E-state index contributed by atoms with van der Waals surface area (Å²) in [6.07, 6.45) is 0.528. The predicted octanol–water partition coefficient (Wildman–Crippen LogP) is 2.46. The van der Waals surface area contributed by atoms with Crippen molar-refractivity contribution in [1.82, 2.24) is 14.5 Å². The van der Waals surface area contributed by atoms with E-state index >= 15 is 0 Å². The highest BCUT2D eigenvalue weighted by Gasteiger charge is 2.34. The molecule has 1 aromatic carbocycles. The maximum atomic E-state index is 14.1. The third kappa shape index (κ3) is 1.78. The predicted molar refractivity (Wildman–Crippen MR) is 70.5 cm³/mol. The van der Waals surface area contributed by atoms with E-state index in [2.05, 4.69) is 4.98 Å². The lowest BCUT2D eigenvalue weighted by Gasteiger charge is -2.15. The molecule has 0 spiro atoms. The van der Waals surface area contributed by atoms with Crippen LogP contribution in [0.4, 0.5) is 8.78 Å². The SMILES string of the molecule is CN1CCC(n2c(CCl)nc3ccc(F)c(F)c32)C1=O. The summed E-state index contributed by atoms with van der Waals surface area (Å²) in [5.74, 6) is -1.69. The van der Waals surface area contributed by atoms with Crippen molar-refractivity contribution >= 4 is 28.5 Å². The molecule has 1 aromatic heterocycles. The van der Waals surface area contributed by atoms with Crippen LogP contribution in [0.25, 0.3) is 11.0 Å². The fourth-order valence-electron chi connectivity index (χ4n) is 2.64. The molecule has 0 bridgehead atoms. The lowest BCUT2D eigenvalue weighted by Crippen LogP contribution is -2.25. The molecule has 0 N–H and O–H groups in total. The number of benzene rings is 1. The van der Waals surface area contributed by atoms with Crippen LogP contribution in [-0.4, -0.2) is 34.0 Å². The molecule has 7 heteroatoms. The quantitative estimate of drug-likeness (QED) is 0.799. The van der Waals surface area contributed by atoms with E-state index in [-0.39, 0.29) is 17.3 Å². The minimum absolute atomic E-state index is 0.00861. The molecule has 20 heavy (non-hydrogen) atoms. The van der Waals surface area contributed by atoms with Crippen molar-refractivity contribution < 1.29 is 13.6 Å². The van der Waals surface area contributed by atoms with Crippen LogP contribution >= 0.6 is 11.6 Å². The Morgan fingerprint density at radius 2 is 2.20 bits per heavy atom. The van der Waals surface area contributed by atoms with Gasteiger partial charge in [-0.05, 0) is 18.6 Å². The number of imidazole rings is 1. The standard InChI is InChI=1S/C13H12ClF2N3O/c1-18-5-4-9(13(18)20)19-10(6-14)17-8-3-2-7(15)11(16)12(8)19/h2-3,9H,4-6H2,1H3. The molecule has 106 valence electrons. The number of rotatable bonds is 2. The van der Waals surface area contributed by atoms with Crippen LogP contribution in [0.5, 0.6) is 0 Å². The number of fused-ring (bicyclic) bond motifs is 1. The first-order valence-electron chi connectivity index (χ1n) is 6.20. The number of likely N-dealkylation sites (N-methyl/N-ethyl adjacent to an activating group) is 1. The van der Waals surface area contributed by atoms with Gasteiger partial charge in [0.05, 0.1) is 11.4 Å². The summed E-state index contributed by atoms with van der Waals surface area (Å²) in [6, 6.07) is 1.84. The van der Waals surface area contributed by atoms with E-state index in [9.17, 15) is 13.6 Å². The Kier molecular flexibility index (Phi) is 3.12. The Hall–Kier alpha value is -1.69. The first kappa shape index (κ1) is 13.3. The number of aromatic nitrogens is 2. The Morgan fingerprint density at radius 3 is 2.80 bits per heavy atom. The van der Waals surface area contributed by atoms with Gasteiger partial charge in [-0.15, -0.1) is 11.6 Å². The number of likely N-dealkylation sites (tertiary alicyclic amines) is 1. The number of carbonyl (C=O) groups excluding carboxylic acids is 1. The Balaban J connectivity index is 2.27. The van der Waals surface area contributed by atoms with Crippen LogP contribution in [0.1, 0.15) is 18.3 Å². The third-order valence-electron chi connectivity index (χ3n) is 3.65. The summed E-state index contributed by atoms with van der Waals surface area (Å²) in [4.78, 5) is 17.9. The molecule has 0 saturated carbocycles. The van der Waals surface area contributed by atoms with E-state index in [0.29, 0.717) is 24.3 Å². The summed E-state index contributed by atoms with van der Waals surface area (Å²) >= 11 is 5.83. The molecule has 1 saturated heterocycles. The number of hydrogen-bond acceptors (Lipinski definition) is 2. The Labute approximate surface area is 118 Å². The summed E-state index contributed by atoms with van der Waals surface area (Å²) in [5, 5.41) is 0. The number of hydrogen-bond donors (Lipinski definition) is 0. The lowest BCUT2D eigenvalue weighted by atomic mass is 10.2. The molecule has 4 nitrogen and oxygen atoms in total. The second-order valence-corrected chi connectivity index (χ2v) is 5.09. The van der Waals surface area contributed by atoms with Gasteiger partial charge in [0.15, 0.2) is 11.6 Å². The first-order chi connectivity index (χ1) is 9.54. The van der Waals surface area contributed by atoms with Gasteiger partial charge in [-0.25, -0.2) is 13.8 Å². The molecule has 1 amide bonds. The van der Waals surface area contributed by atoms with Gasteiger partial charge < -0.3 is 9.47 Å². The molecule has 1 fully saturated rings. The second-order valence-electron chi connectivity index (χ2n) is 4.83. The Morgan fingerprint density at radius 1 is 1.45 bits per heavy atom. The number of amides is 1. The van der Waals surface area contributed by atoms with Crippen molar-refractivity contribution in [3.05, 3.63) is 29.6 Å². The van der Waals surface area contributed by atoms with Crippen LogP contribution in [0.3, 0.4) is 0 Å². The molecule has 1 aliphatic heterocycles. The number of carbonyl (C=O) groups is 1. The largest absolute Gasteiger partial charge is 0.344 e. The highest BCUT2D eigenvalue weighted by atomic mass is 35.5. The van der Waals surface area contributed by atoms with Gasteiger partial charge in [0.25, 0.3) is 0 Å². The molecule has 1 atom stereocenters. The fraction of sp³-hybridized carbons (Fsp3) is 0.385. The van der Waals surface area contributed by atoms with Crippen molar-refractivity contribution in [2.24, 2.45) is 0 Å². The summed E-state index contributed by atoms with van der Waals surface area (Å²) in [7, 11) is 1.68. The molecule has 0 radical (unpaired) electrons. The summed E-state index contributed by atoms with van der Waals surface area (Å²) in [6.45, 7) is 0.571. The Bertz CT molecular complexity index is 700. The van der Waals surface area contributed by atoms with Crippen LogP contribution in [-0.2, 0) is 10.7 Å². The van der Waals surface area contributed by atoms with Crippen LogP contribution in [0, 0.1) is 11.6 Å². The van der Waals surface area contributed by atoms with Crippen LogP contribution < -0.4 is 0 Å². The van der Waals surface area contributed by atoms with Crippen molar-refractivity contribution in [2.45, 2.75) is 18.3 Å². The van der Waals surface area contributed by atoms with Crippen molar-refractivity contribution in [3.63, 3.8) is 0 Å². The monoisotopic (exact) mass is 299 g/mol. The highest BCUT2D eigenvalue weighted by molar-refractivity contribution is 6.17. The van der Waals surface area contributed by atoms with Gasteiger partial charge in [0.1, 0.15) is 17.4 Å². The molecule has 2 aromatic rings. The molecule has 1 aliphatic rings. The zero-order valence-electron chi connectivity index (χ0n) is 10.7. The van der Waals surface area contributed by atoms with Crippen molar-refractivity contribution in [3.8, 4) is 0 Å². The van der Waals surface area contributed by atoms with Crippen molar-refractivity contribution in [1.29, 1.82) is 0 Å². The van der Waals surface area contributed by atoms with E-state index in [1.54, 1.807) is 11.9 Å². The van der Waals surface area contributed by atoms with Gasteiger partial charge in [0, 0.05) is 13.6 Å². The molecule has 1 unspecified atom stereocenters. The van der Waals surface area contributed by atoms with Gasteiger partial charge in [-0.1, -0.05) is 0 Å². The van der Waals surface area contributed by atoms with Crippen LogP contribution in [0.2, 0.25) is 0 Å². The minimum Gasteiger partial charge on any atom is -0.344 e. The topological polar surface area (TPSA) is 38.1 Å². The molecular weight excluding hydrogens is 288 g/mol. The highest BCUT2D eigenvalue weighted by Crippen LogP contribution is 2.31. The zero-order valence-corrected chi connectivity index (χ0v) is 11.5. The number of nitrogens with zero attached hydrogens (tertiary/aromatic N) is 3. The van der Waals surface area contributed by atoms with E-state index in [0.717, 1.165) is 6.07 Å². The molecular formula is C13H12ClF2N3O. The number of halogens is 3. The maximum absolute atomic E-state index is 14.1. The summed E-state index contributed by atoms with van der Waals surface area (Å²) < 4.78 is 29.0. The van der Waals surface area contributed by atoms with Gasteiger partial charge in [0.2, 0.25) is 5.91 Å². The first-order valence-corrected chi connectivity index (χ1v) is 6.73. The molecule has 2 heterocycles. The van der Waals surface area contributed by atoms with E-state index in [4.69, 9.17) is 11.6 Å². The summed E-state index contributed by atoms with van der Waals surface area (Å²) in [5.41, 5.74) is 0.316. The van der Waals surface area contributed by atoms with Crippen molar-refractivity contribution in [2.75, 3.05) is 13.6 Å². The second kappa shape index (κ2) is 4.70. The fourth-order valence-corrected chi connectivity index (χ4v) is 2.83. The lowest BCUT2D eigenvalue weighted by molar-refractivity contribution is -0.129. The van der Waals surface area contributed by atoms with E-state index < -0.39 is 17.7 Å². The number of alkyl halides is 1. The zero-order chi connectivity index (χ0) is 14.4.